The molecule has 3 aliphatic rings. The molecule has 0 unspecified atom stereocenters. The number of carboxylic acids is 1. The third-order valence-electron chi connectivity index (χ3n) is 7.88. The van der Waals surface area contributed by atoms with Crippen LogP contribution in [-0.2, 0) is 14.3 Å². The molecule has 184 valence electrons. The summed E-state index contributed by atoms with van der Waals surface area (Å²) < 4.78 is 5.66. The van der Waals surface area contributed by atoms with Crippen molar-refractivity contribution in [2.24, 2.45) is 5.92 Å². The van der Waals surface area contributed by atoms with Crippen molar-refractivity contribution < 1.29 is 24.2 Å². The summed E-state index contributed by atoms with van der Waals surface area (Å²) in [5.74, 6) is -1.09. The molecule has 1 saturated carbocycles. The molecular weight excluding hydrogens is 444 g/mol. The lowest BCUT2D eigenvalue weighted by molar-refractivity contribution is -0.154. The summed E-state index contributed by atoms with van der Waals surface area (Å²) >= 11 is 0. The van der Waals surface area contributed by atoms with Crippen molar-refractivity contribution in [3.8, 4) is 11.1 Å². The van der Waals surface area contributed by atoms with Gasteiger partial charge in [-0.1, -0.05) is 61.9 Å². The van der Waals surface area contributed by atoms with Crippen LogP contribution in [0.15, 0.2) is 48.5 Å². The van der Waals surface area contributed by atoms with E-state index in [4.69, 9.17) is 4.74 Å². The molecule has 0 bridgehead atoms. The number of carbonyl (C=O) groups excluding carboxylic acids is 2. The van der Waals surface area contributed by atoms with E-state index in [1.807, 2.05) is 31.2 Å². The summed E-state index contributed by atoms with van der Waals surface area (Å²) in [5.41, 5.74) is 3.59. The van der Waals surface area contributed by atoms with Crippen molar-refractivity contribution in [2.45, 2.75) is 62.9 Å². The average molecular weight is 477 g/mol. The van der Waals surface area contributed by atoms with E-state index >= 15 is 0 Å². The Morgan fingerprint density at radius 1 is 1.11 bits per heavy atom. The number of likely N-dealkylation sites (tertiary alicyclic amines) is 1. The fraction of sp³-hybridized carbons (Fsp3) is 0.464. The molecular formula is C28H32N2O5. The minimum atomic E-state index is -1.03. The lowest BCUT2D eigenvalue weighted by Crippen LogP contribution is -2.52. The zero-order valence-electron chi connectivity index (χ0n) is 20.0. The van der Waals surface area contributed by atoms with Crippen LogP contribution in [0.1, 0.15) is 62.5 Å². The zero-order valence-corrected chi connectivity index (χ0v) is 20.0. The molecule has 3 atom stereocenters. The van der Waals surface area contributed by atoms with Gasteiger partial charge in [-0.3, -0.25) is 4.79 Å². The number of amides is 2. The standard InChI is InChI=1S/C28H32N2O5/c1-2-8-19(15-25(31)30-14-7-9-18-16-28(18,30)26(32)33)29-27(34)35-17-24-22-12-5-3-10-20(22)21-11-4-6-13-23(21)24/h3-6,10-13,18-19,24H,2,7-9,14-17H2,1H3,(H,29,34)(H,32,33)/t18-,19-,28+/m1/s1. The van der Waals surface area contributed by atoms with Gasteiger partial charge in [0, 0.05) is 24.9 Å². The van der Waals surface area contributed by atoms with Gasteiger partial charge in [-0.25, -0.2) is 9.59 Å². The number of rotatable bonds is 8. The topological polar surface area (TPSA) is 95.9 Å². The number of piperidine rings is 1. The molecule has 1 saturated heterocycles. The Bertz CT molecular complexity index is 1100. The van der Waals surface area contributed by atoms with Crippen LogP contribution in [-0.4, -0.2) is 52.7 Å². The maximum absolute atomic E-state index is 13.1. The highest BCUT2D eigenvalue weighted by molar-refractivity contribution is 5.91. The van der Waals surface area contributed by atoms with Gasteiger partial charge in [0.1, 0.15) is 12.1 Å². The van der Waals surface area contributed by atoms with Crippen molar-refractivity contribution in [2.75, 3.05) is 13.2 Å². The van der Waals surface area contributed by atoms with E-state index in [-0.39, 0.29) is 30.8 Å². The van der Waals surface area contributed by atoms with Gasteiger partial charge in [-0.15, -0.1) is 0 Å². The molecule has 2 N–H and O–H groups in total. The Balaban J connectivity index is 1.22. The number of carbonyl (C=O) groups is 3. The second-order valence-electron chi connectivity index (χ2n) is 9.98. The predicted molar refractivity (Wildman–Crippen MR) is 131 cm³/mol. The van der Waals surface area contributed by atoms with Crippen LogP contribution in [0.3, 0.4) is 0 Å². The lowest BCUT2D eigenvalue weighted by atomic mass is 9.98. The zero-order chi connectivity index (χ0) is 24.6. The first-order valence-corrected chi connectivity index (χ1v) is 12.6. The van der Waals surface area contributed by atoms with E-state index in [0.717, 1.165) is 30.4 Å². The van der Waals surface area contributed by atoms with Crippen molar-refractivity contribution in [3.05, 3.63) is 59.7 Å². The van der Waals surface area contributed by atoms with E-state index in [1.165, 1.54) is 11.1 Å². The van der Waals surface area contributed by atoms with Crippen molar-refractivity contribution in [1.29, 1.82) is 0 Å². The summed E-state index contributed by atoms with van der Waals surface area (Å²) in [6.45, 7) is 2.67. The van der Waals surface area contributed by atoms with Gasteiger partial charge >= 0.3 is 12.1 Å². The number of carboxylic acid groups (broad SMARTS) is 1. The first-order valence-electron chi connectivity index (χ1n) is 12.6. The molecule has 0 spiro atoms. The Hall–Kier alpha value is -3.35. The Morgan fingerprint density at radius 3 is 2.40 bits per heavy atom. The number of hydrogen-bond acceptors (Lipinski definition) is 4. The first-order chi connectivity index (χ1) is 17.0. The number of aliphatic carboxylic acids is 1. The van der Waals surface area contributed by atoms with Crippen LogP contribution in [0.4, 0.5) is 4.79 Å². The number of alkyl carbamates (subject to hydrolysis) is 1. The third kappa shape index (κ3) is 4.17. The molecule has 0 aromatic heterocycles. The molecule has 2 fully saturated rings. The lowest BCUT2D eigenvalue weighted by Gasteiger charge is -2.34. The van der Waals surface area contributed by atoms with Crippen LogP contribution in [0.2, 0.25) is 0 Å². The van der Waals surface area contributed by atoms with Gasteiger partial charge in [-0.05, 0) is 53.9 Å². The quantitative estimate of drug-likeness (QED) is 0.583. The van der Waals surface area contributed by atoms with Gasteiger partial charge in [0.15, 0.2) is 0 Å². The molecule has 2 aliphatic carbocycles. The summed E-state index contributed by atoms with van der Waals surface area (Å²) in [7, 11) is 0. The third-order valence-corrected chi connectivity index (χ3v) is 7.88. The van der Waals surface area contributed by atoms with E-state index < -0.39 is 23.6 Å². The predicted octanol–water partition coefficient (Wildman–Crippen LogP) is 4.55. The fourth-order valence-corrected chi connectivity index (χ4v) is 6.11. The molecule has 35 heavy (non-hydrogen) atoms. The molecule has 2 aromatic rings. The van der Waals surface area contributed by atoms with Crippen molar-refractivity contribution in [3.63, 3.8) is 0 Å². The number of fused-ring (bicyclic) bond motifs is 4. The maximum Gasteiger partial charge on any atom is 0.407 e. The smallest absolute Gasteiger partial charge is 0.407 e. The highest BCUT2D eigenvalue weighted by Crippen LogP contribution is 2.54. The van der Waals surface area contributed by atoms with Crippen LogP contribution in [0.5, 0.6) is 0 Å². The molecule has 5 rings (SSSR count). The average Bonchev–Trinajstić information content (AvgIpc) is 3.54. The second-order valence-corrected chi connectivity index (χ2v) is 9.98. The van der Waals surface area contributed by atoms with Crippen LogP contribution < -0.4 is 5.32 Å². The number of ether oxygens (including phenoxy) is 1. The van der Waals surface area contributed by atoms with Gasteiger partial charge in [0.25, 0.3) is 0 Å². The Morgan fingerprint density at radius 2 is 1.77 bits per heavy atom. The molecule has 7 nitrogen and oxygen atoms in total. The van der Waals surface area contributed by atoms with Gasteiger partial charge < -0.3 is 20.1 Å². The number of hydrogen-bond donors (Lipinski definition) is 2. The fourth-order valence-electron chi connectivity index (χ4n) is 6.11. The SMILES string of the molecule is CCC[C@H](CC(=O)N1CCC[C@@H]2C[C@@]21C(=O)O)NC(=O)OCC1c2ccccc2-c2ccccc21. The highest BCUT2D eigenvalue weighted by atomic mass is 16.5. The number of nitrogens with one attached hydrogen (secondary N) is 1. The minimum Gasteiger partial charge on any atom is -0.479 e. The summed E-state index contributed by atoms with van der Waals surface area (Å²) in [5, 5.41) is 12.6. The minimum absolute atomic E-state index is 0.0324. The normalized spacial score (nSPS) is 23.0. The molecule has 2 aromatic carbocycles. The van der Waals surface area contributed by atoms with E-state index in [0.29, 0.717) is 19.4 Å². The summed E-state index contributed by atoms with van der Waals surface area (Å²) in [4.78, 5) is 39.4. The molecule has 2 amide bonds. The highest BCUT2D eigenvalue weighted by Gasteiger charge is 2.66. The maximum atomic E-state index is 13.1. The monoisotopic (exact) mass is 476 g/mol. The Kier molecular flexibility index (Phi) is 6.26. The van der Waals surface area contributed by atoms with E-state index in [9.17, 15) is 19.5 Å². The van der Waals surface area contributed by atoms with Crippen molar-refractivity contribution >= 4 is 18.0 Å². The molecule has 1 heterocycles. The van der Waals surface area contributed by atoms with E-state index in [2.05, 4.69) is 29.6 Å². The van der Waals surface area contributed by atoms with Gasteiger partial charge in [0.2, 0.25) is 5.91 Å². The first kappa shape index (κ1) is 23.4. The van der Waals surface area contributed by atoms with Crippen molar-refractivity contribution in [1.82, 2.24) is 10.2 Å². The van der Waals surface area contributed by atoms with Crippen LogP contribution in [0, 0.1) is 5.92 Å². The number of benzene rings is 2. The summed E-state index contributed by atoms with van der Waals surface area (Å²) in [6.07, 6.45) is 3.15. The van der Waals surface area contributed by atoms with Crippen LogP contribution >= 0.6 is 0 Å². The molecule has 1 aliphatic heterocycles. The van der Waals surface area contributed by atoms with Gasteiger partial charge in [0.05, 0.1) is 0 Å². The second kappa shape index (κ2) is 9.36. The van der Waals surface area contributed by atoms with E-state index in [1.54, 1.807) is 4.90 Å². The van der Waals surface area contributed by atoms with Gasteiger partial charge in [-0.2, -0.15) is 0 Å². The number of nitrogens with zero attached hydrogens (tertiary/aromatic N) is 1. The summed E-state index contributed by atoms with van der Waals surface area (Å²) in [6, 6.07) is 15.9. The molecule has 7 heteroatoms. The molecule has 0 radical (unpaired) electrons. The van der Waals surface area contributed by atoms with Crippen LogP contribution in [0.25, 0.3) is 11.1 Å². The largest absolute Gasteiger partial charge is 0.479 e. The Labute approximate surface area is 205 Å².